The summed E-state index contributed by atoms with van der Waals surface area (Å²) in [5, 5.41) is 22.1. The van der Waals surface area contributed by atoms with Gasteiger partial charge in [0.15, 0.2) is 0 Å². The topological polar surface area (TPSA) is 92.1 Å². The number of aromatic nitrogens is 3. The lowest BCUT2D eigenvalue weighted by molar-refractivity contribution is 0.234. The summed E-state index contributed by atoms with van der Waals surface area (Å²) in [7, 11) is 0. The Morgan fingerprint density at radius 1 is 1.57 bits per heavy atom. The fourth-order valence-electron chi connectivity index (χ4n) is 2.91. The maximum atomic E-state index is 12.1. The number of carbonyl (C=O) groups is 1. The van der Waals surface area contributed by atoms with Crippen LogP contribution >= 0.6 is 11.3 Å². The largest absolute Gasteiger partial charge is 0.394 e. The zero-order valence-corrected chi connectivity index (χ0v) is 13.9. The van der Waals surface area contributed by atoms with Gasteiger partial charge in [0, 0.05) is 22.3 Å². The van der Waals surface area contributed by atoms with Crippen LogP contribution in [0.1, 0.15) is 40.8 Å². The second-order valence-electron chi connectivity index (χ2n) is 5.65. The van der Waals surface area contributed by atoms with Crippen LogP contribution in [0, 0.1) is 6.92 Å². The van der Waals surface area contributed by atoms with E-state index in [2.05, 4.69) is 20.7 Å². The number of hydrogen-bond acceptors (Lipinski definition) is 5. The van der Waals surface area contributed by atoms with Crippen LogP contribution in [-0.4, -0.2) is 32.5 Å². The Hall–Kier alpha value is -1.93. The summed E-state index contributed by atoms with van der Waals surface area (Å²) in [6.45, 7) is 2.94. The maximum Gasteiger partial charge on any atom is 0.315 e. The first-order valence-corrected chi connectivity index (χ1v) is 8.66. The van der Waals surface area contributed by atoms with Gasteiger partial charge in [-0.05, 0) is 26.2 Å². The van der Waals surface area contributed by atoms with Crippen LogP contribution in [0.4, 0.5) is 4.79 Å². The molecule has 8 heteroatoms. The number of thiazole rings is 1. The summed E-state index contributed by atoms with van der Waals surface area (Å²) >= 11 is 1.54. The van der Waals surface area contributed by atoms with E-state index in [1.165, 1.54) is 0 Å². The Kier molecular flexibility index (Phi) is 4.92. The van der Waals surface area contributed by atoms with E-state index in [0.717, 1.165) is 41.2 Å². The molecule has 0 aliphatic heterocycles. The van der Waals surface area contributed by atoms with Crippen molar-refractivity contribution in [1.82, 2.24) is 25.4 Å². The summed E-state index contributed by atoms with van der Waals surface area (Å²) < 4.78 is 1.83. The predicted octanol–water partition coefficient (Wildman–Crippen LogP) is 1.52. The number of aryl methyl sites for hydroxylation is 1. The van der Waals surface area contributed by atoms with Gasteiger partial charge < -0.3 is 15.7 Å². The molecule has 1 aliphatic carbocycles. The van der Waals surface area contributed by atoms with Crippen LogP contribution in [-0.2, 0) is 19.5 Å². The molecule has 1 atom stereocenters. The number of aliphatic hydroxyl groups is 1. The Morgan fingerprint density at radius 2 is 2.43 bits per heavy atom. The summed E-state index contributed by atoms with van der Waals surface area (Å²) in [6, 6.07) is -0.213. The van der Waals surface area contributed by atoms with Gasteiger partial charge in [0.05, 0.1) is 31.9 Å². The average molecular weight is 335 g/mol. The van der Waals surface area contributed by atoms with E-state index in [0.29, 0.717) is 13.1 Å². The number of rotatable bonds is 5. The van der Waals surface area contributed by atoms with Crippen molar-refractivity contribution in [3.63, 3.8) is 0 Å². The van der Waals surface area contributed by atoms with Gasteiger partial charge in [-0.15, -0.1) is 11.3 Å². The van der Waals surface area contributed by atoms with Crippen molar-refractivity contribution >= 4 is 17.4 Å². The molecule has 2 aromatic rings. The van der Waals surface area contributed by atoms with Gasteiger partial charge >= 0.3 is 6.03 Å². The van der Waals surface area contributed by atoms with Crippen molar-refractivity contribution < 1.29 is 9.90 Å². The molecular formula is C15H21N5O2S. The molecule has 7 nitrogen and oxygen atoms in total. The van der Waals surface area contributed by atoms with Crippen LogP contribution in [0.25, 0.3) is 0 Å². The van der Waals surface area contributed by atoms with Gasteiger partial charge in [-0.3, -0.25) is 4.68 Å². The maximum absolute atomic E-state index is 12.1. The Labute approximate surface area is 138 Å². The molecule has 3 rings (SSSR count). The standard InChI is InChI=1S/C15H21N5O2S/c1-10-9-23-14(18-10)8-16-15(22)19-12-3-2-4-13-11(12)7-17-20(13)5-6-21/h7,9,12,21H,2-6,8H2,1H3,(H2,16,19,22)/t12-/m1/s1. The Balaban J connectivity index is 1.59. The molecule has 0 bridgehead atoms. The van der Waals surface area contributed by atoms with Crippen molar-refractivity contribution in [1.29, 1.82) is 0 Å². The van der Waals surface area contributed by atoms with Crippen LogP contribution < -0.4 is 10.6 Å². The van der Waals surface area contributed by atoms with Crippen LogP contribution in [0.5, 0.6) is 0 Å². The highest BCUT2D eigenvalue weighted by Crippen LogP contribution is 2.29. The third-order valence-corrected chi connectivity index (χ3v) is 4.91. The first-order valence-electron chi connectivity index (χ1n) is 7.78. The molecule has 1 aliphatic rings. The van der Waals surface area contributed by atoms with Crippen molar-refractivity contribution in [2.24, 2.45) is 0 Å². The minimum Gasteiger partial charge on any atom is -0.394 e. The summed E-state index contributed by atoms with van der Waals surface area (Å²) in [6.07, 6.45) is 4.65. The van der Waals surface area contributed by atoms with Crippen molar-refractivity contribution in [3.05, 3.63) is 33.5 Å². The highest BCUT2D eigenvalue weighted by Gasteiger charge is 2.25. The second-order valence-corrected chi connectivity index (χ2v) is 6.59. The fraction of sp³-hybridized carbons (Fsp3) is 0.533. The van der Waals surface area contributed by atoms with E-state index in [1.807, 2.05) is 17.0 Å². The molecule has 3 N–H and O–H groups in total. The Morgan fingerprint density at radius 3 is 3.17 bits per heavy atom. The molecule has 0 aromatic carbocycles. The van der Waals surface area contributed by atoms with Gasteiger partial charge in [0.2, 0.25) is 0 Å². The van der Waals surface area contributed by atoms with E-state index in [1.54, 1.807) is 17.5 Å². The molecule has 23 heavy (non-hydrogen) atoms. The quantitative estimate of drug-likeness (QED) is 0.772. The van der Waals surface area contributed by atoms with Gasteiger partial charge in [-0.25, -0.2) is 9.78 Å². The van der Waals surface area contributed by atoms with Crippen LogP contribution in [0.3, 0.4) is 0 Å². The first kappa shape index (κ1) is 15.9. The third-order valence-electron chi connectivity index (χ3n) is 3.95. The molecule has 0 fully saturated rings. The summed E-state index contributed by atoms with van der Waals surface area (Å²) in [4.78, 5) is 16.4. The molecule has 0 radical (unpaired) electrons. The number of carbonyl (C=O) groups excluding carboxylic acids is 1. The van der Waals surface area contributed by atoms with Gasteiger partial charge in [-0.1, -0.05) is 0 Å². The normalized spacial score (nSPS) is 16.9. The van der Waals surface area contributed by atoms with E-state index < -0.39 is 0 Å². The molecule has 0 spiro atoms. The van der Waals surface area contributed by atoms with Crippen molar-refractivity contribution in [2.45, 2.75) is 45.3 Å². The molecule has 0 unspecified atom stereocenters. The van der Waals surface area contributed by atoms with Crippen molar-refractivity contribution in [2.75, 3.05) is 6.61 Å². The lowest BCUT2D eigenvalue weighted by Gasteiger charge is -2.24. The minimum atomic E-state index is -0.189. The number of fused-ring (bicyclic) bond motifs is 1. The fourth-order valence-corrected chi connectivity index (χ4v) is 3.62. The number of amides is 2. The summed E-state index contributed by atoms with van der Waals surface area (Å²) in [5.41, 5.74) is 3.15. The molecular weight excluding hydrogens is 314 g/mol. The van der Waals surface area contributed by atoms with E-state index >= 15 is 0 Å². The van der Waals surface area contributed by atoms with Gasteiger partial charge in [0.25, 0.3) is 0 Å². The molecule has 2 heterocycles. The molecule has 124 valence electrons. The van der Waals surface area contributed by atoms with E-state index in [9.17, 15) is 4.79 Å². The zero-order valence-electron chi connectivity index (χ0n) is 13.1. The van der Waals surface area contributed by atoms with Crippen LogP contribution in [0.15, 0.2) is 11.6 Å². The number of hydrogen-bond donors (Lipinski definition) is 3. The SMILES string of the molecule is Cc1csc(CNC(=O)N[C@@H]2CCCc3c2cnn3CCO)n1. The number of aliphatic hydroxyl groups excluding tert-OH is 1. The number of nitrogens with one attached hydrogen (secondary N) is 2. The Bertz CT molecular complexity index is 681. The monoisotopic (exact) mass is 335 g/mol. The number of nitrogens with zero attached hydrogens (tertiary/aromatic N) is 3. The highest BCUT2D eigenvalue weighted by molar-refractivity contribution is 7.09. The smallest absolute Gasteiger partial charge is 0.315 e. The summed E-state index contributed by atoms with van der Waals surface area (Å²) in [5.74, 6) is 0. The molecule has 0 saturated heterocycles. The van der Waals surface area contributed by atoms with Gasteiger partial charge in [0.1, 0.15) is 5.01 Å². The lowest BCUT2D eigenvalue weighted by atomic mass is 9.93. The minimum absolute atomic E-state index is 0.0239. The third kappa shape index (κ3) is 3.70. The van der Waals surface area contributed by atoms with Crippen LogP contribution in [0.2, 0.25) is 0 Å². The average Bonchev–Trinajstić information content (AvgIpc) is 3.13. The predicted molar refractivity (Wildman–Crippen MR) is 87.2 cm³/mol. The molecule has 0 saturated carbocycles. The zero-order chi connectivity index (χ0) is 16.2. The first-order chi connectivity index (χ1) is 11.2. The van der Waals surface area contributed by atoms with Crippen molar-refractivity contribution in [3.8, 4) is 0 Å². The second kappa shape index (κ2) is 7.10. The number of urea groups is 1. The highest BCUT2D eigenvalue weighted by atomic mass is 32.1. The molecule has 2 aromatic heterocycles. The van der Waals surface area contributed by atoms with E-state index in [-0.39, 0.29) is 18.7 Å². The van der Waals surface area contributed by atoms with E-state index in [4.69, 9.17) is 5.11 Å². The lowest BCUT2D eigenvalue weighted by Crippen LogP contribution is -2.38. The van der Waals surface area contributed by atoms with Gasteiger partial charge in [-0.2, -0.15) is 5.10 Å². The molecule has 2 amide bonds.